The van der Waals surface area contributed by atoms with Crippen molar-refractivity contribution < 1.29 is 57.2 Å². The number of rotatable bonds is 10. The third kappa shape index (κ3) is 15.2. The molecule has 0 fully saturated rings. The molecule has 0 radical (unpaired) electrons. The van der Waals surface area contributed by atoms with Gasteiger partial charge >= 0.3 is 30.0 Å². The van der Waals surface area contributed by atoms with Gasteiger partial charge < -0.3 is 33.7 Å². The molecule has 0 saturated carbocycles. The molecule has 14 nitrogen and oxygen atoms in total. The molecule has 1 aliphatic heterocycles. The Kier molecular flexibility index (Phi) is 15.0. The van der Waals surface area contributed by atoms with Crippen LogP contribution < -0.4 is 20.1 Å². The van der Waals surface area contributed by atoms with Crippen LogP contribution in [0.25, 0.3) is 0 Å². The first-order chi connectivity index (χ1) is 28.2. The molecule has 330 valence electrons. The summed E-state index contributed by atoms with van der Waals surface area (Å²) in [7, 11) is 0. The number of aryl methyl sites for hydroxylation is 2. The lowest BCUT2D eigenvalue weighted by atomic mass is 9.93. The van der Waals surface area contributed by atoms with Crippen LogP contribution in [0.4, 0.5) is 10.5 Å². The summed E-state index contributed by atoms with van der Waals surface area (Å²) in [6, 6.07) is 13.2. The van der Waals surface area contributed by atoms with Crippen molar-refractivity contribution >= 4 is 41.6 Å². The van der Waals surface area contributed by atoms with Gasteiger partial charge in [-0.1, -0.05) is 18.2 Å². The summed E-state index contributed by atoms with van der Waals surface area (Å²) in [6.45, 7) is 20.5. The van der Waals surface area contributed by atoms with E-state index in [2.05, 4.69) is 10.6 Å². The van der Waals surface area contributed by atoms with Crippen molar-refractivity contribution in [1.82, 2.24) is 5.32 Å². The van der Waals surface area contributed by atoms with E-state index in [-0.39, 0.29) is 48.5 Å². The second kappa shape index (κ2) is 19.2. The van der Waals surface area contributed by atoms with E-state index < -0.39 is 64.8 Å². The number of anilines is 1. The maximum Gasteiger partial charge on any atom is 0.412 e. The van der Waals surface area contributed by atoms with E-state index in [1.54, 1.807) is 132 Å². The van der Waals surface area contributed by atoms with E-state index in [0.29, 0.717) is 46.3 Å². The Morgan fingerprint density at radius 1 is 0.705 bits per heavy atom. The van der Waals surface area contributed by atoms with E-state index in [4.69, 9.17) is 28.4 Å². The molecule has 0 atom stereocenters. The maximum absolute atomic E-state index is 14.3. The maximum atomic E-state index is 14.3. The summed E-state index contributed by atoms with van der Waals surface area (Å²) >= 11 is 0. The molecule has 1 aliphatic rings. The van der Waals surface area contributed by atoms with Gasteiger partial charge in [0.1, 0.15) is 28.9 Å². The molecule has 0 unspecified atom stereocenters. The molecule has 3 aromatic carbocycles. The average Bonchev–Trinajstić information content (AvgIpc) is 3.09. The number of fused-ring (bicyclic) bond motifs is 2. The molecule has 61 heavy (non-hydrogen) atoms. The first-order valence-corrected chi connectivity index (χ1v) is 20.4. The van der Waals surface area contributed by atoms with E-state index in [9.17, 15) is 28.8 Å². The molecule has 0 aliphatic carbocycles. The fraction of sp³-hybridized carbons (Fsp3) is 0.489. The van der Waals surface area contributed by atoms with Crippen LogP contribution >= 0.6 is 0 Å². The zero-order valence-corrected chi connectivity index (χ0v) is 37.5. The smallest absolute Gasteiger partial charge is 0.412 e. The Morgan fingerprint density at radius 2 is 1.34 bits per heavy atom. The van der Waals surface area contributed by atoms with Gasteiger partial charge in [-0.3, -0.25) is 19.7 Å². The van der Waals surface area contributed by atoms with E-state index in [1.165, 1.54) is 0 Å². The number of benzene rings is 3. The highest BCUT2D eigenvalue weighted by atomic mass is 16.6. The van der Waals surface area contributed by atoms with Crippen molar-refractivity contribution in [2.45, 2.75) is 138 Å². The third-order valence-electron chi connectivity index (χ3n) is 8.41. The number of nitrogens with one attached hydrogen (secondary N) is 2. The fourth-order valence-electron chi connectivity index (χ4n) is 6.28. The van der Waals surface area contributed by atoms with E-state index in [0.717, 1.165) is 0 Å². The largest absolute Gasteiger partial charge is 0.489 e. The minimum atomic E-state index is -0.810. The molecule has 0 spiro atoms. The lowest BCUT2D eigenvalue weighted by Gasteiger charge is -2.24. The van der Waals surface area contributed by atoms with Gasteiger partial charge in [-0.05, 0) is 149 Å². The SMILES string of the molecule is CC(C)(C)OC(=O)CCc1cc(Cc2cccc(C(=O)OC(C)(C)C)c2)c2c(c1C(=O)NCC(=O)OC(C)(C)C)OCCCc1cc(NC(=O)OC(C)(C)C)ccc1C(=O)O2. The predicted molar refractivity (Wildman–Crippen MR) is 228 cm³/mol. The number of esters is 4. The van der Waals surface area contributed by atoms with Crippen LogP contribution in [-0.4, -0.2) is 71.4 Å². The number of ether oxygens (including phenoxy) is 6. The number of carbonyl (C=O) groups excluding carboxylic acids is 6. The topological polar surface area (TPSA) is 182 Å². The van der Waals surface area contributed by atoms with Gasteiger partial charge in [-0.15, -0.1) is 0 Å². The summed E-state index contributed by atoms with van der Waals surface area (Å²) < 4.78 is 34.7. The van der Waals surface area contributed by atoms with Crippen LogP contribution in [0.3, 0.4) is 0 Å². The molecule has 4 rings (SSSR count). The van der Waals surface area contributed by atoms with Crippen LogP contribution in [-0.2, 0) is 47.8 Å². The normalized spacial score (nSPS) is 13.3. The van der Waals surface area contributed by atoms with Gasteiger partial charge in [-0.2, -0.15) is 0 Å². The zero-order chi connectivity index (χ0) is 45.5. The highest BCUT2D eigenvalue weighted by Gasteiger charge is 2.31. The van der Waals surface area contributed by atoms with Crippen molar-refractivity contribution in [3.63, 3.8) is 0 Å². The first-order valence-electron chi connectivity index (χ1n) is 20.4. The van der Waals surface area contributed by atoms with Gasteiger partial charge in [0.25, 0.3) is 5.91 Å². The first kappa shape index (κ1) is 47.8. The lowest BCUT2D eigenvalue weighted by molar-refractivity contribution is -0.155. The van der Waals surface area contributed by atoms with Crippen LogP contribution in [0.5, 0.6) is 11.5 Å². The van der Waals surface area contributed by atoms with Crippen molar-refractivity contribution in [2.24, 2.45) is 0 Å². The summed E-state index contributed by atoms with van der Waals surface area (Å²) in [6.07, 6.45) is 0.00253. The van der Waals surface area contributed by atoms with Crippen molar-refractivity contribution in [3.05, 3.63) is 87.5 Å². The molecular formula is C47H60N2O12. The molecule has 2 N–H and O–H groups in total. The monoisotopic (exact) mass is 844 g/mol. The van der Waals surface area contributed by atoms with Crippen molar-refractivity contribution in [2.75, 3.05) is 18.5 Å². The molecule has 2 amide bonds. The van der Waals surface area contributed by atoms with Gasteiger partial charge in [-0.25, -0.2) is 14.4 Å². The average molecular weight is 845 g/mol. The standard InChI is InChI=1S/C47H60N2O12/c1-44(2,3)58-35(50)21-18-30-25-32(24-28-15-13-16-31(23-28)41(53)60-46(7,8)9)38-39(37(30)40(52)48-27-36(51)59-45(4,5)6)56-22-14-17-29-26-33(19-20-34(29)42(54)57-38)49-43(55)61-47(10,11)12/h13,15-16,19-20,23,25-26H,14,17-18,21-22,24,27H2,1-12H3,(H,48,52)(H,49,55). The van der Waals surface area contributed by atoms with E-state index >= 15 is 0 Å². The number of hydrogen-bond acceptors (Lipinski definition) is 12. The highest BCUT2D eigenvalue weighted by molar-refractivity contribution is 6.02. The van der Waals surface area contributed by atoms with Gasteiger partial charge in [0, 0.05) is 24.1 Å². The molecule has 14 heteroatoms. The van der Waals surface area contributed by atoms with Gasteiger partial charge in [0.2, 0.25) is 0 Å². The zero-order valence-electron chi connectivity index (χ0n) is 37.5. The lowest BCUT2D eigenvalue weighted by Crippen LogP contribution is -2.35. The molecule has 0 aromatic heterocycles. The predicted octanol–water partition coefficient (Wildman–Crippen LogP) is 8.47. The summed E-state index contributed by atoms with van der Waals surface area (Å²) in [5, 5.41) is 5.33. The Labute approximate surface area is 358 Å². The van der Waals surface area contributed by atoms with Crippen molar-refractivity contribution in [3.8, 4) is 11.5 Å². The third-order valence-corrected chi connectivity index (χ3v) is 8.41. The Balaban J connectivity index is 1.88. The quantitative estimate of drug-likeness (QED) is 0.113. The second-order valence-electron chi connectivity index (χ2n) is 18.8. The van der Waals surface area contributed by atoms with Crippen LogP contribution in [0, 0.1) is 0 Å². The summed E-state index contributed by atoms with van der Waals surface area (Å²) in [5.74, 6) is -3.36. The van der Waals surface area contributed by atoms with Crippen LogP contribution in [0.1, 0.15) is 149 Å². The minimum absolute atomic E-state index is 0.00982. The number of amides is 2. The highest BCUT2D eigenvalue weighted by Crippen LogP contribution is 2.41. The summed E-state index contributed by atoms with van der Waals surface area (Å²) in [5.41, 5.74) is -0.205. The molecular weight excluding hydrogens is 785 g/mol. The Hall–Kier alpha value is -5.92. The van der Waals surface area contributed by atoms with Crippen molar-refractivity contribution in [1.29, 1.82) is 0 Å². The Morgan fingerprint density at radius 3 is 1.98 bits per heavy atom. The molecule has 0 bridgehead atoms. The molecule has 3 aromatic rings. The van der Waals surface area contributed by atoms with Gasteiger partial charge in [0.15, 0.2) is 11.5 Å². The minimum Gasteiger partial charge on any atom is -0.489 e. The van der Waals surface area contributed by atoms with Crippen LogP contribution in [0.15, 0.2) is 48.5 Å². The number of carbonyl (C=O) groups is 6. The van der Waals surface area contributed by atoms with E-state index in [1.807, 2.05) is 0 Å². The van der Waals surface area contributed by atoms with Gasteiger partial charge in [0.05, 0.1) is 23.3 Å². The second-order valence-corrected chi connectivity index (χ2v) is 18.8. The fourth-order valence-corrected chi connectivity index (χ4v) is 6.28. The Bertz CT molecular complexity index is 2150. The number of hydrogen-bond donors (Lipinski definition) is 2. The molecule has 0 saturated heterocycles. The molecule has 1 heterocycles. The summed E-state index contributed by atoms with van der Waals surface area (Å²) in [4.78, 5) is 80.0. The van der Waals surface area contributed by atoms with Crippen LogP contribution in [0.2, 0.25) is 0 Å².